The van der Waals surface area contributed by atoms with Crippen molar-refractivity contribution >= 4 is 5.69 Å². The first-order chi connectivity index (χ1) is 9.74. The molecule has 3 heteroatoms. The van der Waals surface area contributed by atoms with E-state index < -0.39 is 0 Å². The molecule has 0 saturated carbocycles. The zero-order chi connectivity index (χ0) is 13.9. The highest BCUT2D eigenvalue weighted by molar-refractivity contribution is 5.58. The molecule has 3 rings (SSSR count). The number of hydrogen-bond acceptors (Lipinski definition) is 3. The van der Waals surface area contributed by atoms with Crippen molar-refractivity contribution in [3.05, 3.63) is 53.5 Å². The number of furan rings is 1. The van der Waals surface area contributed by atoms with Crippen molar-refractivity contribution in [3.63, 3.8) is 0 Å². The van der Waals surface area contributed by atoms with Crippen molar-refractivity contribution in [1.82, 2.24) is 5.32 Å². The van der Waals surface area contributed by atoms with Crippen LogP contribution in [0.5, 0.6) is 0 Å². The maximum Gasteiger partial charge on any atom is 0.122 e. The van der Waals surface area contributed by atoms with Crippen LogP contribution in [0.4, 0.5) is 5.69 Å². The normalized spacial score (nSPS) is 14.1. The molecule has 1 aliphatic rings. The van der Waals surface area contributed by atoms with Gasteiger partial charge in [-0.1, -0.05) is 32.0 Å². The quantitative estimate of drug-likeness (QED) is 0.903. The molecule has 2 heterocycles. The molecule has 0 spiro atoms. The summed E-state index contributed by atoms with van der Waals surface area (Å²) in [6.07, 6.45) is 2.95. The lowest BCUT2D eigenvalue weighted by Crippen LogP contribution is -2.24. The van der Waals surface area contributed by atoms with Crippen LogP contribution in [-0.2, 0) is 19.5 Å². The van der Waals surface area contributed by atoms with E-state index in [1.807, 2.05) is 0 Å². The second kappa shape index (κ2) is 5.71. The summed E-state index contributed by atoms with van der Waals surface area (Å²) < 4.78 is 5.62. The summed E-state index contributed by atoms with van der Waals surface area (Å²) in [4.78, 5) is 2.44. The van der Waals surface area contributed by atoms with Gasteiger partial charge < -0.3 is 14.6 Å². The van der Waals surface area contributed by atoms with Crippen molar-refractivity contribution in [1.29, 1.82) is 0 Å². The Bertz CT molecular complexity index is 574. The Labute approximate surface area is 120 Å². The molecular formula is C17H22N2O. The highest BCUT2D eigenvalue weighted by Crippen LogP contribution is 2.29. The van der Waals surface area contributed by atoms with Crippen molar-refractivity contribution in [2.75, 3.05) is 11.4 Å². The molecule has 0 radical (unpaired) electrons. The number of rotatable bonds is 5. The van der Waals surface area contributed by atoms with E-state index in [2.05, 4.69) is 54.4 Å². The monoisotopic (exact) mass is 270 g/mol. The molecule has 0 saturated heterocycles. The summed E-state index contributed by atoms with van der Waals surface area (Å²) in [5.74, 6) is 1.06. The van der Waals surface area contributed by atoms with Crippen LogP contribution in [0.15, 0.2) is 41.0 Å². The smallest absolute Gasteiger partial charge is 0.122 e. The largest absolute Gasteiger partial charge is 0.468 e. The van der Waals surface area contributed by atoms with Gasteiger partial charge in [0, 0.05) is 30.4 Å². The summed E-state index contributed by atoms with van der Waals surface area (Å²) in [5, 5.41) is 3.42. The number of benzene rings is 1. The van der Waals surface area contributed by atoms with E-state index in [-0.39, 0.29) is 0 Å². The van der Waals surface area contributed by atoms with Gasteiger partial charge in [-0.25, -0.2) is 0 Å². The second-order valence-corrected chi connectivity index (χ2v) is 5.70. The Kier molecular flexibility index (Phi) is 3.79. The first-order valence-corrected chi connectivity index (χ1v) is 7.35. The molecule has 0 amide bonds. The minimum absolute atomic E-state index is 0.473. The van der Waals surface area contributed by atoms with Gasteiger partial charge in [-0.3, -0.25) is 0 Å². The molecule has 1 aromatic heterocycles. The van der Waals surface area contributed by atoms with Gasteiger partial charge in [-0.05, 0) is 24.1 Å². The van der Waals surface area contributed by atoms with Crippen LogP contribution in [0.1, 0.15) is 30.7 Å². The van der Waals surface area contributed by atoms with Gasteiger partial charge in [0.15, 0.2) is 0 Å². The van der Waals surface area contributed by atoms with E-state index in [9.17, 15) is 0 Å². The molecule has 20 heavy (non-hydrogen) atoms. The number of nitrogens with one attached hydrogen (secondary N) is 1. The molecule has 0 aliphatic carbocycles. The third kappa shape index (κ3) is 2.73. The number of para-hydroxylation sites is 1. The van der Waals surface area contributed by atoms with Gasteiger partial charge in [0.25, 0.3) is 0 Å². The van der Waals surface area contributed by atoms with Gasteiger partial charge in [-0.2, -0.15) is 0 Å². The molecule has 1 N–H and O–H groups in total. The van der Waals surface area contributed by atoms with E-state index in [1.54, 1.807) is 6.26 Å². The molecule has 1 aliphatic heterocycles. The van der Waals surface area contributed by atoms with Gasteiger partial charge in [0.05, 0.1) is 12.8 Å². The zero-order valence-electron chi connectivity index (χ0n) is 12.2. The van der Waals surface area contributed by atoms with E-state index in [4.69, 9.17) is 4.42 Å². The lowest BCUT2D eigenvalue weighted by molar-refractivity contribution is 0.460. The van der Waals surface area contributed by atoms with Gasteiger partial charge >= 0.3 is 0 Å². The van der Waals surface area contributed by atoms with Crippen LogP contribution < -0.4 is 10.2 Å². The first-order valence-electron chi connectivity index (χ1n) is 7.35. The SMILES string of the molecule is CC(C)NCc1occc1CN1CCc2ccccc21. The summed E-state index contributed by atoms with van der Waals surface area (Å²) >= 11 is 0. The van der Waals surface area contributed by atoms with Gasteiger partial charge in [-0.15, -0.1) is 0 Å². The van der Waals surface area contributed by atoms with Gasteiger partial charge in [0.2, 0.25) is 0 Å². The van der Waals surface area contributed by atoms with Gasteiger partial charge in [0.1, 0.15) is 5.76 Å². The maximum atomic E-state index is 5.62. The van der Waals surface area contributed by atoms with E-state index in [0.717, 1.165) is 31.8 Å². The van der Waals surface area contributed by atoms with E-state index >= 15 is 0 Å². The average Bonchev–Trinajstić information content (AvgIpc) is 3.05. The first kappa shape index (κ1) is 13.3. The third-order valence-corrected chi connectivity index (χ3v) is 3.85. The van der Waals surface area contributed by atoms with Crippen molar-refractivity contribution in [3.8, 4) is 0 Å². The van der Waals surface area contributed by atoms with Crippen LogP contribution in [0, 0.1) is 0 Å². The van der Waals surface area contributed by atoms with Crippen molar-refractivity contribution < 1.29 is 4.42 Å². The summed E-state index contributed by atoms with van der Waals surface area (Å²) in [7, 11) is 0. The fourth-order valence-corrected chi connectivity index (χ4v) is 2.74. The minimum Gasteiger partial charge on any atom is -0.468 e. The molecule has 1 aromatic carbocycles. The third-order valence-electron chi connectivity index (χ3n) is 3.85. The Morgan fingerprint density at radius 1 is 1.25 bits per heavy atom. The second-order valence-electron chi connectivity index (χ2n) is 5.70. The lowest BCUT2D eigenvalue weighted by atomic mass is 10.2. The number of fused-ring (bicyclic) bond motifs is 1. The topological polar surface area (TPSA) is 28.4 Å². The Balaban J connectivity index is 1.72. The number of hydrogen-bond donors (Lipinski definition) is 1. The highest BCUT2D eigenvalue weighted by Gasteiger charge is 2.20. The molecule has 0 fully saturated rings. The predicted octanol–water partition coefficient (Wildman–Crippen LogP) is 3.34. The predicted molar refractivity (Wildman–Crippen MR) is 81.9 cm³/mol. The summed E-state index contributed by atoms with van der Waals surface area (Å²) in [6.45, 7) is 7.14. The number of nitrogens with zero attached hydrogens (tertiary/aromatic N) is 1. The van der Waals surface area contributed by atoms with Crippen LogP contribution >= 0.6 is 0 Å². The zero-order valence-corrected chi connectivity index (χ0v) is 12.2. The van der Waals surface area contributed by atoms with Crippen LogP contribution in [-0.4, -0.2) is 12.6 Å². The standard InChI is InChI=1S/C17H22N2O/c1-13(2)18-11-17-15(8-10-20-17)12-19-9-7-14-5-3-4-6-16(14)19/h3-6,8,10,13,18H,7,9,11-12H2,1-2H3. The summed E-state index contributed by atoms with van der Waals surface area (Å²) in [6, 6.07) is 11.3. The molecule has 2 aromatic rings. The molecule has 0 atom stereocenters. The van der Waals surface area contributed by atoms with Crippen molar-refractivity contribution in [2.24, 2.45) is 0 Å². The van der Waals surface area contributed by atoms with Crippen LogP contribution in [0.25, 0.3) is 0 Å². The molecule has 0 bridgehead atoms. The fraction of sp³-hybridized carbons (Fsp3) is 0.412. The summed E-state index contributed by atoms with van der Waals surface area (Å²) in [5.41, 5.74) is 4.11. The number of anilines is 1. The Hall–Kier alpha value is -1.74. The lowest BCUT2D eigenvalue weighted by Gasteiger charge is -2.19. The fourth-order valence-electron chi connectivity index (χ4n) is 2.74. The average molecular weight is 270 g/mol. The molecule has 0 unspecified atom stereocenters. The maximum absolute atomic E-state index is 5.62. The highest BCUT2D eigenvalue weighted by atomic mass is 16.3. The van der Waals surface area contributed by atoms with Crippen LogP contribution in [0.2, 0.25) is 0 Å². The van der Waals surface area contributed by atoms with Crippen molar-refractivity contribution in [2.45, 2.75) is 39.4 Å². The molecular weight excluding hydrogens is 248 g/mol. The molecule has 106 valence electrons. The Morgan fingerprint density at radius 2 is 2.10 bits per heavy atom. The minimum atomic E-state index is 0.473. The molecule has 3 nitrogen and oxygen atoms in total. The van der Waals surface area contributed by atoms with E-state index in [1.165, 1.54) is 16.8 Å². The van der Waals surface area contributed by atoms with Crippen LogP contribution in [0.3, 0.4) is 0 Å². The van der Waals surface area contributed by atoms with E-state index in [0.29, 0.717) is 6.04 Å². The Morgan fingerprint density at radius 3 is 2.95 bits per heavy atom.